The predicted octanol–water partition coefficient (Wildman–Crippen LogP) is 6.70. The van der Waals surface area contributed by atoms with Gasteiger partial charge in [-0.2, -0.15) is 31.4 Å². The first kappa shape index (κ1) is 32.7. The second-order valence-electron chi connectivity index (χ2n) is 10.5. The minimum atomic E-state index is -4.97. The van der Waals surface area contributed by atoms with Crippen molar-refractivity contribution in [1.82, 2.24) is 19.7 Å². The molecule has 4 rings (SSSR count). The monoisotopic (exact) mass is 638 g/mol. The third kappa shape index (κ3) is 8.24. The maximum atomic E-state index is 13.8. The van der Waals surface area contributed by atoms with Gasteiger partial charge in [-0.3, -0.25) is 14.5 Å². The molecule has 0 aliphatic carbocycles. The summed E-state index contributed by atoms with van der Waals surface area (Å²) in [6.07, 6.45) is -8.30. The first-order valence-electron chi connectivity index (χ1n) is 12.9. The van der Waals surface area contributed by atoms with Crippen LogP contribution in [0.4, 0.5) is 42.6 Å². The number of rotatable bonds is 7. The Morgan fingerprint density at radius 2 is 1.69 bits per heavy atom. The number of pyridine rings is 1. The molecule has 45 heavy (non-hydrogen) atoms. The summed E-state index contributed by atoms with van der Waals surface area (Å²) in [5, 5.41) is 5.62. The summed E-state index contributed by atoms with van der Waals surface area (Å²) in [5.41, 5.74) is -3.22. The van der Waals surface area contributed by atoms with E-state index in [0.717, 1.165) is 29.4 Å². The predicted molar refractivity (Wildman–Crippen MR) is 146 cm³/mol. The van der Waals surface area contributed by atoms with Crippen LogP contribution in [0.1, 0.15) is 54.2 Å². The van der Waals surface area contributed by atoms with Gasteiger partial charge < -0.3 is 14.5 Å². The quantitative estimate of drug-likeness (QED) is 0.175. The fourth-order valence-electron chi connectivity index (χ4n) is 3.79. The Morgan fingerprint density at radius 1 is 1.02 bits per heavy atom. The average molecular weight is 639 g/mol. The van der Waals surface area contributed by atoms with E-state index < -0.39 is 59.4 Å². The van der Waals surface area contributed by atoms with E-state index >= 15 is 0 Å². The van der Waals surface area contributed by atoms with Gasteiger partial charge in [0.05, 0.1) is 17.6 Å². The number of nitrogens with one attached hydrogen (secondary N) is 1. The van der Waals surface area contributed by atoms with Gasteiger partial charge in [0, 0.05) is 17.3 Å². The molecule has 11 nitrogen and oxygen atoms in total. The Balaban J connectivity index is 1.60. The molecule has 1 aromatic carbocycles. The highest BCUT2D eigenvalue weighted by Crippen LogP contribution is 2.35. The number of hydrogen-bond acceptors (Lipinski definition) is 8. The molecule has 17 heteroatoms. The Hall–Kier alpha value is -5.22. The zero-order valence-corrected chi connectivity index (χ0v) is 23.9. The fourth-order valence-corrected chi connectivity index (χ4v) is 3.79. The molecule has 0 spiro atoms. The number of anilines is 2. The number of oxazole rings is 1. The van der Waals surface area contributed by atoms with E-state index in [1.165, 1.54) is 58.0 Å². The van der Waals surface area contributed by atoms with Crippen molar-refractivity contribution in [3.05, 3.63) is 72.0 Å². The number of amides is 2. The Morgan fingerprint density at radius 3 is 2.27 bits per heavy atom. The molecule has 2 amide bonds. The van der Waals surface area contributed by atoms with Crippen molar-refractivity contribution in [2.75, 3.05) is 16.8 Å². The molecular weight excluding hydrogens is 614 g/mol. The van der Waals surface area contributed by atoms with E-state index in [0.29, 0.717) is 5.56 Å². The second kappa shape index (κ2) is 12.0. The zero-order valence-electron chi connectivity index (χ0n) is 23.9. The molecule has 0 fully saturated rings. The smallest absolute Gasteiger partial charge is 0.437 e. The first-order chi connectivity index (χ1) is 20.8. The van der Waals surface area contributed by atoms with Gasteiger partial charge in [-0.1, -0.05) is 0 Å². The third-order valence-corrected chi connectivity index (χ3v) is 5.73. The molecule has 3 heterocycles. The largest absolute Gasteiger partial charge is 0.444 e. The number of nitrogens with zero attached hydrogens (tertiary/aromatic N) is 5. The molecule has 0 saturated carbocycles. The average Bonchev–Trinajstić information content (AvgIpc) is 3.59. The van der Waals surface area contributed by atoms with Crippen LogP contribution in [0.2, 0.25) is 0 Å². The van der Waals surface area contributed by atoms with Crippen LogP contribution in [0, 0.1) is 0 Å². The summed E-state index contributed by atoms with van der Waals surface area (Å²) in [5.74, 6) is -2.15. The van der Waals surface area contributed by atoms with E-state index in [9.17, 15) is 40.7 Å². The highest BCUT2D eigenvalue weighted by molar-refractivity contribution is 6.03. The fraction of sp³-hybridized carbons (Fsp3) is 0.286. The topological polar surface area (TPSA) is 132 Å². The van der Waals surface area contributed by atoms with Gasteiger partial charge in [0.25, 0.3) is 5.91 Å². The molecule has 0 bridgehead atoms. The first-order valence-corrected chi connectivity index (χ1v) is 12.9. The number of carbonyl (C=O) groups excluding carboxylic acids is 3. The highest BCUT2D eigenvalue weighted by atomic mass is 19.4. The van der Waals surface area contributed by atoms with E-state index in [1.807, 2.05) is 0 Å². The van der Waals surface area contributed by atoms with Crippen molar-refractivity contribution in [1.29, 1.82) is 0 Å². The van der Waals surface area contributed by atoms with Crippen LogP contribution in [0.3, 0.4) is 0 Å². The summed E-state index contributed by atoms with van der Waals surface area (Å²) in [6, 6.07) is 7.86. The number of carbonyl (C=O) groups is 3. The van der Waals surface area contributed by atoms with Crippen molar-refractivity contribution >= 4 is 29.3 Å². The lowest BCUT2D eigenvalue weighted by Gasteiger charge is -2.27. The van der Waals surface area contributed by atoms with Crippen LogP contribution in [0.15, 0.2) is 59.5 Å². The SMILES string of the molecule is CC(=O)c1ccc(-n2cc(NC(=O)c3coc(-c4ccnc(N(CC(F)(F)F)C(=O)OC(C)(C)C)c4)n3)c(C(F)(F)F)n2)cc1. The lowest BCUT2D eigenvalue weighted by Crippen LogP contribution is -2.42. The minimum Gasteiger partial charge on any atom is -0.444 e. The number of Topliss-reactive ketones (excluding diaryl/α,β-unsaturated/α-hetero) is 1. The highest BCUT2D eigenvalue weighted by Gasteiger charge is 2.39. The molecule has 0 radical (unpaired) electrons. The molecule has 0 unspecified atom stereocenters. The van der Waals surface area contributed by atoms with Gasteiger partial charge in [0.15, 0.2) is 17.2 Å². The van der Waals surface area contributed by atoms with Crippen LogP contribution < -0.4 is 10.2 Å². The third-order valence-electron chi connectivity index (χ3n) is 5.73. The van der Waals surface area contributed by atoms with Gasteiger partial charge in [-0.15, -0.1) is 0 Å². The maximum absolute atomic E-state index is 13.8. The summed E-state index contributed by atoms with van der Waals surface area (Å²) in [6.45, 7) is 4.00. The van der Waals surface area contributed by atoms with E-state index in [2.05, 4.69) is 20.4 Å². The van der Waals surface area contributed by atoms with E-state index in [4.69, 9.17) is 9.15 Å². The molecule has 0 aliphatic rings. The normalized spacial score (nSPS) is 12.1. The van der Waals surface area contributed by atoms with Gasteiger partial charge in [-0.05, 0) is 64.1 Å². The van der Waals surface area contributed by atoms with Crippen molar-refractivity contribution in [3.8, 4) is 17.1 Å². The van der Waals surface area contributed by atoms with Crippen molar-refractivity contribution in [2.24, 2.45) is 0 Å². The standard InChI is InChI=1S/C28H24F6N6O5/c1-15(41)16-5-7-18(8-6-16)40-12-19(22(38-40)28(32,33)34)36-23(42)20-13-44-24(37-20)17-9-10-35-21(11-17)39(14-27(29,30)31)25(43)45-26(2,3)4/h5-13H,14H2,1-4H3,(H,36,42). The minimum absolute atomic E-state index is 0.00686. The van der Waals surface area contributed by atoms with Crippen molar-refractivity contribution in [2.45, 2.75) is 45.6 Å². The zero-order chi connectivity index (χ0) is 33.3. The van der Waals surface area contributed by atoms with Gasteiger partial charge in [0.2, 0.25) is 5.89 Å². The van der Waals surface area contributed by atoms with Crippen molar-refractivity contribution in [3.63, 3.8) is 0 Å². The van der Waals surface area contributed by atoms with Crippen LogP contribution in [0.25, 0.3) is 17.1 Å². The summed E-state index contributed by atoms with van der Waals surface area (Å²) in [4.78, 5) is 44.9. The number of halogens is 6. The molecule has 3 aromatic heterocycles. The molecule has 4 aromatic rings. The maximum Gasteiger partial charge on any atom is 0.437 e. The second-order valence-corrected chi connectivity index (χ2v) is 10.5. The number of hydrogen-bond donors (Lipinski definition) is 1. The Labute approximate surface area is 250 Å². The van der Waals surface area contributed by atoms with Gasteiger partial charge >= 0.3 is 18.4 Å². The van der Waals surface area contributed by atoms with E-state index in [-0.39, 0.29) is 27.8 Å². The van der Waals surface area contributed by atoms with Crippen LogP contribution >= 0.6 is 0 Å². The molecule has 0 atom stereocenters. The summed E-state index contributed by atoms with van der Waals surface area (Å²) >= 11 is 0. The molecule has 238 valence electrons. The van der Waals surface area contributed by atoms with Crippen LogP contribution in [0.5, 0.6) is 0 Å². The lowest BCUT2D eigenvalue weighted by atomic mass is 10.1. The Bertz CT molecular complexity index is 1720. The number of ketones is 1. The lowest BCUT2D eigenvalue weighted by molar-refractivity contribution is -0.140. The molecule has 0 aliphatic heterocycles. The number of ether oxygens (including phenoxy) is 1. The molecule has 1 N–H and O–H groups in total. The number of aromatic nitrogens is 4. The van der Waals surface area contributed by atoms with Crippen LogP contribution in [-0.4, -0.2) is 55.9 Å². The van der Waals surface area contributed by atoms with Gasteiger partial charge in [0.1, 0.15) is 24.2 Å². The molecular formula is C28H24F6N6O5. The number of alkyl halides is 6. The Kier molecular flexibility index (Phi) is 8.75. The molecule has 0 saturated heterocycles. The summed E-state index contributed by atoms with van der Waals surface area (Å²) in [7, 11) is 0. The van der Waals surface area contributed by atoms with E-state index in [1.54, 1.807) is 0 Å². The number of benzene rings is 1. The van der Waals surface area contributed by atoms with Crippen molar-refractivity contribution < 1.29 is 49.9 Å². The van der Waals surface area contributed by atoms with Crippen LogP contribution in [-0.2, 0) is 10.9 Å². The summed E-state index contributed by atoms with van der Waals surface area (Å²) < 4.78 is 92.3. The van der Waals surface area contributed by atoms with Gasteiger partial charge in [-0.25, -0.2) is 19.4 Å².